The van der Waals surface area contributed by atoms with Crippen LogP contribution in [0.3, 0.4) is 0 Å². The Bertz CT molecular complexity index is 443. The van der Waals surface area contributed by atoms with Crippen molar-refractivity contribution in [3.8, 4) is 0 Å². The minimum absolute atomic E-state index is 1.02. The monoisotopic (exact) mass is 259 g/mol. The number of nitrogens with zero attached hydrogens (tertiary/aromatic N) is 1. The van der Waals surface area contributed by atoms with Crippen molar-refractivity contribution in [1.82, 2.24) is 4.98 Å². The summed E-state index contributed by atoms with van der Waals surface area (Å²) in [5, 5.41) is 0. The maximum Gasteiger partial charge on any atom is 0.0453 e. The first-order valence-corrected chi connectivity index (χ1v) is 7.73. The smallest absolute Gasteiger partial charge is 0.0453 e. The molecule has 0 saturated heterocycles. The highest BCUT2D eigenvalue weighted by molar-refractivity contribution is 5.69. The molecule has 0 radical (unpaired) electrons. The second-order valence-electron chi connectivity index (χ2n) is 5.39. The molecule has 1 rings (SSSR count). The van der Waals surface area contributed by atoms with Gasteiger partial charge in [0, 0.05) is 17.0 Å². The largest absolute Gasteiger partial charge is 0.257 e. The van der Waals surface area contributed by atoms with Crippen molar-refractivity contribution in [2.45, 2.75) is 73.1 Å². The second kappa shape index (κ2) is 7.47. The maximum atomic E-state index is 4.81. The second-order valence-corrected chi connectivity index (χ2v) is 5.39. The van der Waals surface area contributed by atoms with Gasteiger partial charge in [0.05, 0.1) is 0 Å². The van der Waals surface area contributed by atoms with Crippen molar-refractivity contribution in [2.75, 3.05) is 0 Å². The molecule has 0 aliphatic rings. The fraction of sp³-hybridized carbons (Fsp3) is 0.611. The standard InChI is InChI=1S/C18H29N/c1-7-10-11-12-13(4)18-14(5)16(8-2)17(9-3)19-15(18)6/h4,7-12H2,1-3,5-6H3. The number of aryl methyl sites for hydroxylation is 2. The third-order valence-corrected chi connectivity index (χ3v) is 3.96. The Balaban J connectivity index is 3.10. The van der Waals surface area contributed by atoms with Crippen LogP contribution in [0.15, 0.2) is 6.58 Å². The molecular formula is C18H29N. The minimum Gasteiger partial charge on any atom is -0.257 e. The first kappa shape index (κ1) is 15.9. The van der Waals surface area contributed by atoms with Crippen LogP contribution in [-0.2, 0) is 12.8 Å². The van der Waals surface area contributed by atoms with Crippen LogP contribution in [0.5, 0.6) is 0 Å². The lowest BCUT2D eigenvalue weighted by molar-refractivity contribution is 0.735. The van der Waals surface area contributed by atoms with Gasteiger partial charge in [-0.25, -0.2) is 0 Å². The molecule has 1 nitrogen and oxygen atoms in total. The topological polar surface area (TPSA) is 12.9 Å². The van der Waals surface area contributed by atoms with Gasteiger partial charge in [-0.2, -0.15) is 0 Å². The summed E-state index contributed by atoms with van der Waals surface area (Å²) in [6, 6.07) is 0. The van der Waals surface area contributed by atoms with E-state index in [-0.39, 0.29) is 0 Å². The van der Waals surface area contributed by atoms with Gasteiger partial charge < -0.3 is 0 Å². The number of aromatic nitrogens is 1. The zero-order valence-electron chi connectivity index (χ0n) is 13.4. The summed E-state index contributed by atoms with van der Waals surface area (Å²) in [4.78, 5) is 4.81. The predicted molar refractivity (Wildman–Crippen MR) is 85.6 cm³/mol. The van der Waals surface area contributed by atoms with Gasteiger partial charge in [0.15, 0.2) is 0 Å². The van der Waals surface area contributed by atoms with E-state index in [1.54, 1.807) is 0 Å². The normalized spacial score (nSPS) is 10.8. The first-order chi connectivity index (χ1) is 9.06. The van der Waals surface area contributed by atoms with E-state index >= 15 is 0 Å². The molecular weight excluding hydrogens is 230 g/mol. The molecule has 0 aromatic carbocycles. The highest BCUT2D eigenvalue weighted by atomic mass is 14.7. The van der Waals surface area contributed by atoms with Gasteiger partial charge in [0.2, 0.25) is 0 Å². The molecule has 0 aliphatic carbocycles. The van der Waals surface area contributed by atoms with Crippen LogP contribution in [0.1, 0.15) is 74.5 Å². The van der Waals surface area contributed by atoms with Crippen molar-refractivity contribution in [2.24, 2.45) is 0 Å². The quantitative estimate of drug-likeness (QED) is 0.596. The van der Waals surface area contributed by atoms with E-state index in [1.807, 2.05) is 0 Å². The van der Waals surface area contributed by atoms with Crippen LogP contribution in [0.25, 0.3) is 5.57 Å². The van der Waals surface area contributed by atoms with E-state index in [9.17, 15) is 0 Å². The van der Waals surface area contributed by atoms with E-state index in [0.717, 1.165) is 25.0 Å². The number of hydrogen-bond acceptors (Lipinski definition) is 1. The van der Waals surface area contributed by atoms with E-state index < -0.39 is 0 Å². The zero-order valence-corrected chi connectivity index (χ0v) is 13.4. The molecule has 0 unspecified atom stereocenters. The number of hydrogen-bond donors (Lipinski definition) is 0. The number of rotatable bonds is 7. The molecule has 0 saturated carbocycles. The average molecular weight is 259 g/mol. The van der Waals surface area contributed by atoms with Crippen LogP contribution in [0.4, 0.5) is 0 Å². The lowest BCUT2D eigenvalue weighted by atomic mass is 9.91. The summed E-state index contributed by atoms with van der Waals surface area (Å²) >= 11 is 0. The van der Waals surface area contributed by atoms with Crippen molar-refractivity contribution in [3.63, 3.8) is 0 Å². The van der Waals surface area contributed by atoms with Gasteiger partial charge in [0.25, 0.3) is 0 Å². The van der Waals surface area contributed by atoms with Gasteiger partial charge in [-0.05, 0) is 56.2 Å². The van der Waals surface area contributed by atoms with Crippen LogP contribution in [0.2, 0.25) is 0 Å². The molecule has 0 aliphatic heterocycles. The van der Waals surface area contributed by atoms with Crippen molar-refractivity contribution in [1.29, 1.82) is 0 Å². The number of unbranched alkanes of at least 4 members (excludes halogenated alkanes) is 2. The molecule has 0 bridgehead atoms. The molecule has 1 heteroatoms. The molecule has 1 aromatic rings. The third-order valence-electron chi connectivity index (χ3n) is 3.96. The summed E-state index contributed by atoms with van der Waals surface area (Å²) in [5.74, 6) is 0. The van der Waals surface area contributed by atoms with Gasteiger partial charge in [-0.1, -0.05) is 40.2 Å². The Hall–Kier alpha value is -1.11. The number of allylic oxidation sites excluding steroid dienone is 1. The minimum atomic E-state index is 1.02. The summed E-state index contributed by atoms with van der Waals surface area (Å²) in [6.45, 7) is 15.3. The molecule has 1 heterocycles. The molecule has 0 amide bonds. The summed E-state index contributed by atoms with van der Waals surface area (Å²) in [6.07, 6.45) is 6.98. The number of pyridine rings is 1. The summed E-state index contributed by atoms with van der Waals surface area (Å²) in [5.41, 5.74) is 7.86. The highest BCUT2D eigenvalue weighted by Crippen LogP contribution is 2.29. The zero-order chi connectivity index (χ0) is 14.4. The summed E-state index contributed by atoms with van der Waals surface area (Å²) in [7, 11) is 0. The predicted octanol–water partition coefficient (Wildman–Crippen LogP) is 5.42. The van der Waals surface area contributed by atoms with Crippen LogP contribution in [0, 0.1) is 13.8 Å². The Morgan fingerprint density at radius 3 is 2.26 bits per heavy atom. The molecule has 0 spiro atoms. The van der Waals surface area contributed by atoms with Gasteiger partial charge >= 0.3 is 0 Å². The van der Waals surface area contributed by atoms with E-state index in [2.05, 4.69) is 41.2 Å². The first-order valence-electron chi connectivity index (χ1n) is 7.73. The Morgan fingerprint density at radius 2 is 1.74 bits per heavy atom. The van der Waals surface area contributed by atoms with E-state index in [4.69, 9.17) is 4.98 Å². The van der Waals surface area contributed by atoms with Crippen molar-refractivity contribution < 1.29 is 0 Å². The Labute approximate surface area is 119 Å². The third kappa shape index (κ3) is 3.68. The summed E-state index contributed by atoms with van der Waals surface area (Å²) < 4.78 is 0. The van der Waals surface area contributed by atoms with Crippen LogP contribution < -0.4 is 0 Å². The highest BCUT2D eigenvalue weighted by Gasteiger charge is 2.14. The van der Waals surface area contributed by atoms with E-state index in [1.165, 1.54) is 47.2 Å². The molecule has 0 fully saturated rings. The van der Waals surface area contributed by atoms with Gasteiger partial charge in [-0.3, -0.25) is 4.98 Å². The Kier molecular flexibility index (Phi) is 6.27. The van der Waals surface area contributed by atoms with Crippen LogP contribution in [-0.4, -0.2) is 4.98 Å². The fourth-order valence-corrected chi connectivity index (χ4v) is 2.96. The fourth-order valence-electron chi connectivity index (χ4n) is 2.96. The lowest BCUT2D eigenvalue weighted by Gasteiger charge is -2.18. The lowest BCUT2D eigenvalue weighted by Crippen LogP contribution is -2.06. The molecule has 1 aromatic heterocycles. The average Bonchev–Trinajstić information content (AvgIpc) is 2.38. The molecule has 19 heavy (non-hydrogen) atoms. The van der Waals surface area contributed by atoms with Crippen molar-refractivity contribution >= 4 is 5.57 Å². The molecule has 0 atom stereocenters. The van der Waals surface area contributed by atoms with Gasteiger partial charge in [0.1, 0.15) is 0 Å². The molecule has 0 N–H and O–H groups in total. The molecule has 106 valence electrons. The Morgan fingerprint density at radius 1 is 1.05 bits per heavy atom. The van der Waals surface area contributed by atoms with Crippen LogP contribution >= 0.6 is 0 Å². The maximum absolute atomic E-state index is 4.81. The van der Waals surface area contributed by atoms with Crippen molar-refractivity contribution in [3.05, 3.63) is 34.7 Å². The SMILES string of the molecule is C=C(CCCCC)c1c(C)nc(CC)c(CC)c1C. The van der Waals surface area contributed by atoms with E-state index in [0.29, 0.717) is 0 Å². The van der Waals surface area contributed by atoms with Gasteiger partial charge in [-0.15, -0.1) is 0 Å².